The molecule has 2 fully saturated rings. The number of nitrogens with one attached hydrogen (secondary N) is 1. The van der Waals surface area contributed by atoms with Gasteiger partial charge in [-0.25, -0.2) is 4.99 Å². The first-order valence-electron chi connectivity index (χ1n) is 8.89. The number of nitrogens with zero attached hydrogens (tertiary/aromatic N) is 4. The van der Waals surface area contributed by atoms with E-state index in [9.17, 15) is 14.4 Å². The molecule has 2 heterocycles. The van der Waals surface area contributed by atoms with Crippen LogP contribution in [0.25, 0.3) is 0 Å². The summed E-state index contributed by atoms with van der Waals surface area (Å²) in [6.07, 6.45) is 0.992. The average Bonchev–Trinajstić information content (AvgIpc) is 3.12. The summed E-state index contributed by atoms with van der Waals surface area (Å²) in [5.41, 5.74) is 5.19. The van der Waals surface area contributed by atoms with Gasteiger partial charge in [-0.2, -0.15) is 0 Å². The fourth-order valence-electron chi connectivity index (χ4n) is 2.67. The fraction of sp³-hybridized carbons (Fsp3) is 0.750. The van der Waals surface area contributed by atoms with Crippen molar-refractivity contribution in [1.29, 1.82) is 0 Å². The summed E-state index contributed by atoms with van der Waals surface area (Å²) >= 11 is 3.92. The van der Waals surface area contributed by atoms with Gasteiger partial charge in [0.05, 0.1) is 17.7 Å². The zero-order valence-electron chi connectivity index (χ0n) is 16.3. The Morgan fingerprint density at radius 3 is 2.54 bits per heavy atom. The Morgan fingerprint density at radius 1 is 1.29 bits per heavy atom. The van der Waals surface area contributed by atoms with Crippen LogP contribution < -0.4 is 11.1 Å². The van der Waals surface area contributed by atoms with Crippen LogP contribution in [0.3, 0.4) is 0 Å². The third-order valence-electron chi connectivity index (χ3n) is 4.18. The van der Waals surface area contributed by atoms with Crippen molar-refractivity contribution in [3.8, 4) is 0 Å². The number of hydrogen-bond donors (Lipinski definition) is 2. The van der Waals surface area contributed by atoms with E-state index in [0.29, 0.717) is 23.6 Å². The molecule has 0 saturated carbocycles. The molecule has 28 heavy (non-hydrogen) atoms. The summed E-state index contributed by atoms with van der Waals surface area (Å²) in [6, 6.07) is 0. The highest BCUT2D eigenvalue weighted by molar-refractivity contribution is 8.93. The minimum absolute atomic E-state index is 0. The van der Waals surface area contributed by atoms with E-state index in [-0.39, 0.29) is 48.4 Å². The number of thioether (sulfide) groups is 2. The molecule has 0 atom stereocenters. The molecule has 3 N–H and O–H groups in total. The van der Waals surface area contributed by atoms with Crippen LogP contribution in [0.15, 0.2) is 4.99 Å². The Hall–Kier alpha value is -1.14. The van der Waals surface area contributed by atoms with Gasteiger partial charge in [-0.15, -0.1) is 40.5 Å². The fourth-order valence-corrected chi connectivity index (χ4v) is 5.50. The van der Waals surface area contributed by atoms with Crippen molar-refractivity contribution in [2.24, 2.45) is 10.7 Å². The maximum absolute atomic E-state index is 12.3. The zero-order valence-corrected chi connectivity index (χ0v) is 19.6. The minimum atomic E-state index is -0.521. The first kappa shape index (κ1) is 24.9. The minimum Gasteiger partial charge on any atom is -0.368 e. The quantitative estimate of drug-likeness (QED) is 0.358. The number of guanidine groups is 1. The van der Waals surface area contributed by atoms with Crippen molar-refractivity contribution in [3.05, 3.63) is 0 Å². The van der Waals surface area contributed by atoms with Crippen LogP contribution in [0.1, 0.15) is 6.42 Å². The van der Waals surface area contributed by atoms with E-state index in [1.807, 2.05) is 28.4 Å². The maximum Gasteiger partial charge on any atom is 0.243 e. The first-order valence-corrected chi connectivity index (χ1v) is 11.0. The van der Waals surface area contributed by atoms with Gasteiger partial charge in [-0.05, 0) is 6.42 Å². The van der Waals surface area contributed by atoms with E-state index in [4.69, 9.17) is 5.73 Å². The second kappa shape index (κ2) is 12.4. The van der Waals surface area contributed by atoms with Crippen molar-refractivity contribution < 1.29 is 14.4 Å². The van der Waals surface area contributed by atoms with Gasteiger partial charge < -0.3 is 25.8 Å². The highest BCUT2D eigenvalue weighted by Gasteiger charge is 2.27. The second-order valence-corrected chi connectivity index (χ2v) is 9.44. The molecule has 0 bridgehead atoms. The van der Waals surface area contributed by atoms with Crippen molar-refractivity contribution in [2.75, 3.05) is 64.9 Å². The molecule has 2 aliphatic heterocycles. The topological polar surface area (TPSA) is 111 Å². The number of amides is 3. The maximum atomic E-state index is 12.3. The van der Waals surface area contributed by atoms with Gasteiger partial charge in [0, 0.05) is 45.2 Å². The van der Waals surface area contributed by atoms with Crippen molar-refractivity contribution in [1.82, 2.24) is 20.0 Å². The Kier molecular flexibility index (Phi) is 11.1. The van der Waals surface area contributed by atoms with Crippen LogP contribution in [0, 0.1) is 0 Å². The number of nitrogens with two attached hydrogens (primary N) is 1. The van der Waals surface area contributed by atoms with E-state index in [1.54, 1.807) is 14.1 Å². The predicted octanol–water partition coefficient (Wildman–Crippen LogP) is -0.576. The van der Waals surface area contributed by atoms with Crippen molar-refractivity contribution in [3.63, 3.8) is 0 Å². The van der Waals surface area contributed by atoms with Crippen LogP contribution >= 0.6 is 40.5 Å². The van der Waals surface area contributed by atoms with E-state index >= 15 is 0 Å². The average molecular weight is 497 g/mol. The van der Waals surface area contributed by atoms with Crippen LogP contribution in [0.5, 0.6) is 0 Å². The third kappa shape index (κ3) is 8.08. The van der Waals surface area contributed by atoms with Crippen molar-refractivity contribution in [2.45, 2.75) is 11.0 Å². The number of aliphatic imine (C=N–C) groups is 1. The number of halogens is 1. The molecule has 0 spiro atoms. The molecular weight excluding hydrogens is 468 g/mol. The molecule has 12 heteroatoms. The van der Waals surface area contributed by atoms with Crippen LogP contribution in [-0.2, 0) is 14.4 Å². The number of piperazine rings is 1. The molecule has 0 aromatic rings. The van der Waals surface area contributed by atoms with Gasteiger partial charge >= 0.3 is 0 Å². The molecule has 3 amide bonds. The highest BCUT2D eigenvalue weighted by atomic mass is 79.9. The number of rotatable bonds is 7. The first-order chi connectivity index (χ1) is 12.9. The molecule has 2 aliphatic rings. The Labute approximate surface area is 185 Å². The van der Waals surface area contributed by atoms with Crippen LogP contribution in [-0.4, -0.2) is 108 Å². The lowest BCUT2D eigenvalue weighted by atomic mass is 10.3. The molecule has 0 unspecified atom stereocenters. The summed E-state index contributed by atoms with van der Waals surface area (Å²) < 4.78 is 0.580. The normalized spacial score (nSPS) is 18.1. The molecule has 0 aliphatic carbocycles. The number of carbonyl (C=O) groups excluding carboxylic acids is 3. The molecule has 0 aromatic heterocycles. The molecule has 2 saturated heterocycles. The largest absolute Gasteiger partial charge is 0.368 e. The number of likely N-dealkylation sites (N-methyl/N-ethyl adjacent to an activating group) is 1. The molecule has 2 rings (SSSR count). The van der Waals surface area contributed by atoms with Gasteiger partial charge in [0.2, 0.25) is 17.7 Å². The van der Waals surface area contributed by atoms with Gasteiger partial charge in [-0.3, -0.25) is 14.4 Å². The second-order valence-electron chi connectivity index (χ2n) is 6.52. The van der Waals surface area contributed by atoms with E-state index in [1.165, 1.54) is 21.3 Å². The lowest BCUT2D eigenvalue weighted by Gasteiger charge is -2.35. The molecule has 0 radical (unpaired) electrons. The Balaban J connectivity index is 0.00000392. The van der Waals surface area contributed by atoms with Crippen LogP contribution in [0.2, 0.25) is 0 Å². The smallest absolute Gasteiger partial charge is 0.243 e. The van der Waals surface area contributed by atoms with E-state index in [2.05, 4.69) is 10.3 Å². The van der Waals surface area contributed by atoms with Crippen LogP contribution in [0.4, 0.5) is 0 Å². The summed E-state index contributed by atoms with van der Waals surface area (Å²) in [6.45, 7) is 1.74. The van der Waals surface area contributed by atoms with E-state index < -0.39 is 5.91 Å². The van der Waals surface area contributed by atoms with Gasteiger partial charge in [0.25, 0.3) is 0 Å². The summed E-state index contributed by atoms with van der Waals surface area (Å²) in [5, 5.41) is 3.30. The predicted molar refractivity (Wildman–Crippen MR) is 120 cm³/mol. The summed E-state index contributed by atoms with van der Waals surface area (Å²) in [7, 11) is 3.37. The highest BCUT2D eigenvalue weighted by Crippen LogP contribution is 2.33. The van der Waals surface area contributed by atoms with Gasteiger partial charge in [0.15, 0.2) is 5.96 Å². The molecule has 9 nitrogen and oxygen atoms in total. The standard InChI is InChI=1S/C16H28N6O3S2.BrH/c1-20(2)13(24)9-19-16(18-4-3-15-26-7-8-27-15)22-6-5-21(10-12(17)23)14(25)11-22;/h15H,3-11H2,1-2H3,(H2,17,23)(H,18,19);1H. The lowest BCUT2D eigenvalue weighted by molar-refractivity contribution is -0.138. The van der Waals surface area contributed by atoms with E-state index in [0.717, 1.165) is 13.0 Å². The molecule has 160 valence electrons. The van der Waals surface area contributed by atoms with Gasteiger partial charge in [0.1, 0.15) is 6.54 Å². The van der Waals surface area contributed by atoms with Crippen molar-refractivity contribution >= 4 is 64.2 Å². The Bertz CT molecular complexity index is 587. The summed E-state index contributed by atoms with van der Waals surface area (Å²) in [4.78, 5) is 44.4. The third-order valence-corrected chi connectivity index (χ3v) is 7.35. The molecule has 0 aromatic carbocycles. The molecular formula is C16H29BrN6O3S2. The zero-order chi connectivity index (χ0) is 19.8. The number of carbonyl (C=O) groups is 3. The summed E-state index contributed by atoms with van der Waals surface area (Å²) in [5.74, 6) is 2.14. The monoisotopic (exact) mass is 496 g/mol. The lowest BCUT2D eigenvalue weighted by Crippen LogP contribution is -2.56. The SMILES string of the molecule is Br.CN(C)C(=O)CN=C(NCCC1SCCS1)N1CCN(CC(N)=O)C(=O)C1. The Morgan fingerprint density at radius 2 is 1.96 bits per heavy atom. The van der Waals surface area contributed by atoms with Gasteiger partial charge in [-0.1, -0.05) is 0 Å². The number of hydrogen-bond acceptors (Lipinski definition) is 6. The number of primary amides is 1.